The summed E-state index contributed by atoms with van der Waals surface area (Å²) in [6.07, 6.45) is 2.68. The number of hydrogen-bond donors (Lipinski definition) is 0. The van der Waals surface area contributed by atoms with Crippen LogP contribution >= 0.6 is 0 Å². The summed E-state index contributed by atoms with van der Waals surface area (Å²) in [5, 5.41) is 0. The van der Waals surface area contributed by atoms with Gasteiger partial charge in [-0.15, -0.1) is 0 Å². The number of rotatable bonds is 2. The van der Waals surface area contributed by atoms with Crippen LogP contribution in [-0.4, -0.2) is 28.5 Å². The SMILES string of the molecule is Cn1cccc1C(=O)N1CCC(c2ccccc2F)C1. The van der Waals surface area contributed by atoms with E-state index in [-0.39, 0.29) is 17.6 Å². The van der Waals surface area contributed by atoms with E-state index in [1.54, 1.807) is 6.07 Å². The molecule has 3 rings (SSSR count). The Hall–Kier alpha value is -2.10. The highest BCUT2D eigenvalue weighted by molar-refractivity contribution is 5.93. The molecular weight excluding hydrogens is 255 g/mol. The molecule has 1 aliphatic rings. The Kier molecular flexibility index (Phi) is 3.30. The molecule has 0 spiro atoms. The third-order valence-corrected chi connectivity index (χ3v) is 3.98. The summed E-state index contributed by atoms with van der Waals surface area (Å²) in [4.78, 5) is 14.2. The minimum atomic E-state index is -0.175. The molecule has 1 aromatic heterocycles. The van der Waals surface area contributed by atoms with Gasteiger partial charge in [-0.25, -0.2) is 4.39 Å². The molecule has 3 nitrogen and oxygen atoms in total. The van der Waals surface area contributed by atoms with Crippen molar-refractivity contribution in [2.75, 3.05) is 13.1 Å². The van der Waals surface area contributed by atoms with Crippen LogP contribution in [0, 0.1) is 5.82 Å². The summed E-state index contributed by atoms with van der Waals surface area (Å²) in [5.74, 6) is -0.0533. The van der Waals surface area contributed by atoms with Gasteiger partial charge in [-0.2, -0.15) is 0 Å². The summed E-state index contributed by atoms with van der Waals surface area (Å²) >= 11 is 0. The highest BCUT2D eigenvalue weighted by Gasteiger charge is 2.30. The molecule has 104 valence electrons. The second-order valence-corrected chi connectivity index (χ2v) is 5.26. The predicted octanol–water partition coefficient (Wildman–Crippen LogP) is 2.79. The van der Waals surface area contributed by atoms with Crippen molar-refractivity contribution in [1.29, 1.82) is 0 Å². The lowest BCUT2D eigenvalue weighted by atomic mass is 9.98. The molecule has 2 heterocycles. The molecule has 0 aliphatic carbocycles. The highest BCUT2D eigenvalue weighted by Crippen LogP contribution is 2.29. The molecule has 1 aromatic carbocycles. The fourth-order valence-corrected chi connectivity index (χ4v) is 2.85. The number of hydrogen-bond acceptors (Lipinski definition) is 1. The second kappa shape index (κ2) is 5.12. The van der Waals surface area contributed by atoms with Gasteiger partial charge in [0.05, 0.1) is 0 Å². The van der Waals surface area contributed by atoms with Gasteiger partial charge in [-0.1, -0.05) is 18.2 Å². The number of benzene rings is 1. The van der Waals surface area contributed by atoms with Crippen molar-refractivity contribution in [1.82, 2.24) is 9.47 Å². The van der Waals surface area contributed by atoms with E-state index in [0.29, 0.717) is 18.8 Å². The first-order valence-electron chi connectivity index (χ1n) is 6.82. The maximum atomic E-state index is 13.8. The van der Waals surface area contributed by atoms with Crippen molar-refractivity contribution >= 4 is 5.91 Å². The summed E-state index contributed by atoms with van der Waals surface area (Å²) in [6.45, 7) is 1.27. The molecule has 1 unspecified atom stereocenters. The Balaban J connectivity index is 1.76. The first kappa shape index (κ1) is 12.9. The third-order valence-electron chi connectivity index (χ3n) is 3.98. The predicted molar refractivity (Wildman–Crippen MR) is 75.1 cm³/mol. The minimum absolute atomic E-state index is 0.0244. The van der Waals surface area contributed by atoms with Crippen LogP contribution < -0.4 is 0 Å². The first-order valence-corrected chi connectivity index (χ1v) is 6.82. The van der Waals surface area contributed by atoms with Crippen molar-refractivity contribution in [3.05, 3.63) is 59.7 Å². The standard InChI is InChI=1S/C16H17FN2O/c1-18-9-4-7-15(18)16(20)19-10-8-12(11-19)13-5-2-3-6-14(13)17/h2-7,9,12H,8,10-11H2,1H3. The van der Waals surface area contributed by atoms with E-state index < -0.39 is 0 Å². The molecule has 0 radical (unpaired) electrons. The Morgan fingerprint density at radius 2 is 2.05 bits per heavy atom. The number of carbonyl (C=O) groups excluding carboxylic acids is 1. The Labute approximate surface area is 117 Å². The number of likely N-dealkylation sites (tertiary alicyclic amines) is 1. The van der Waals surface area contributed by atoms with Gasteiger partial charge in [-0.3, -0.25) is 4.79 Å². The highest BCUT2D eigenvalue weighted by atomic mass is 19.1. The van der Waals surface area contributed by atoms with Crippen LogP contribution in [0.3, 0.4) is 0 Å². The van der Waals surface area contributed by atoms with Crippen LogP contribution in [0.2, 0.25) is 0 Å². The molecular formula is C16H17FN2O. The molecule has 1 amide bonds. The van der Waals surface area contributed by atoms with Crippen molar-refractivity contribution in [3.63, 3.8) is 0 Å². The van der Waals surface area contributed by atoms with Crippen molar-refractivity contribution in [2.45, 2.75) is 12.3 Å². The zero-order valence-electron chi connectivity index (χ0n) is 11.4. The zero-order chi connectivity index (χ0) is 14.1. The van der Waals surface area contributed by atoms with E-state index in [1.807, 2.05) is 47.0 Å². The van der Waals surface area contributed by atoms with E-state index in [1.165, 1.54) is 6.07 Å². The number of amides is 1. The molecule has 0 N–H and O–H groups in total. The topological polar surface area (TPSA) is 25.2 Å². The van der Waals surface area contributed by atoms with Gasteiger partial charge in [-0.05, 0) is 30.2 Å². The van der Waals surface area contributed by atoms with Crippen LogP contribution in [-0.2, 0) is 7.05 Å². The normalized spacial score (nSPS) is 18.5. The van der Waals surface area contributed by atoms with Crippen LogP contribution in [0.1, 0.15) is 28.4 Å². The minimum Gasteiger partial charge on any atom is -0.347 e. The van der Waals surface area contributed by atoms with E-state index in [9.17, 15) is 9.18 Å². The summed E-state index contributed by atoms with van der Waals surface area (Å²) in [7, 11) is 1.86. The molecule has 0 bridgehead atoms. The molecule has 20 heavy (non-hydrogen) atoms. The molecule has 0 saturated carbocycles. The molecule has 1 atom stereocenters. The fourth-order valence-electron chi connectivity index (χ4n) is 2.85. The van der Waals surface area contributed by atoms with Gasteiger partial charge in [0.25, 0.3) is 5.91 Å². The van der Waals surface area contributed by atoms with Crippen LogP contribution in [0.25, 0.3) is 0 Å². The average Bonchev–Trinajstić information content (AvgIpc) is 3.07. The number of carbonyl (C=O) groups is 1. The lowest BCUT2D eigenvalue weighted by Gasteiger charge is -2.17. The van der Waals surface area contributed by atoms with Gasteiger partial charge in [0.15, 0.2) is 0 Å². The average molecular weight is 272 g/mol. The van der Waals surface area contributed by atoms with Crippen molar-refractivity contribution in [3.8, 4) is 0 Å². The van der Waals surface area contributed by atoms with Gasteiger partial charge in [0, 0.05) is 32.3 Å². The maximum absolute atomic E-state index is 13.8. The van der Waals surface area contributed by atoms with Crippen molar-refractivity contribution < 1.29 is 9.18 Å². The van der Waals surface area contributed by atoms with Gasteiger partial charge < -0.3 is 9.47 Å². The first-order chi connectivity index (χ1) is 9.66. The van der Waals surface area contributed by atoms with Crippen LogP contribution in [0.5, 0.6) is 0 Å². The Morgan fingerprint density at radius 1 is 1.25 bits per heavy atom. The van der Waals surface area contributed by atoms with E-state index in [0.717, 1.165) is 12.0 Å². The maximum Gasteiger partial charge on any atom is 0.270 e. The summed E-state index contributed by atoms with van der Waals surface area (Å²) in [5.41, 5.74) is 1.40. The van der Waals surface area contributed by atoms with Gasteiger partial charge in [0.2, 0.25) is 0 Å². The van der Waals surface area contributed by atoms with Gasteiger partial charge >= 0.3 is 0 Å². The zero-order valence-corrected chi connectivity index (χ0v) is 11.4. The largest absolute Gasteiger partial charge is 0.347 e. The second-order valence-electron chi connectivity index (χ2n) is 5.26. The molecule has 1 aliphatic heterocycles. The summed E-state index contributed by atoms with van der Waals surface area (Å²) < 4.78 is 15.6. The van der Waals surface area contributed by atoms with Crippen LogP contribution in [0.15, 0.2) is 42.6 Å². The number of halogens is 1. The number of nitrogens with zero attached hydrogens (tertiary/aromatic N) is 2. The third kappa shape index (κ3) is 2.22. The van der Waals surface area contributed by atoms with Crippen molar-refractivity contribution in [2.24, 2.45) is 7.05 Å². The van der Waals surface area contributed by atoms with E-state index in [4.69, 9.17) is 0 Å². The van der Waals surface area contributed by atoms with Gasteiger partial charge in [0.1, 0.15) is 11.5 Å². The molecule has 2 aromatic rings. The van der Waals surface area contributed by atoms with E-state index >= 15 is 0 Å². The number of aromatic nitrogens is 1. The van der Waals surface area contributed by atoms with E-state index in [2.05, 4.69) is 0 Å². The molecule has 4 heteroatoms. The van der Waals surface area contributed by atoms with Crippen LogP contribution in [0.4, 0.5) is 4.39 Å². The number of aryl methyl sites for hydroxylation is 1. The quantitative estimate of drug-likeness (QED) is 0.825. The molecule has 1 saturated heterocycles. The summed E-state index contributed by atoms with van der Waals surface area (Å²) in [6, 6.07) is 10.5. The lowest BCUT2D eigenvalue weighted by molar-refractivity contribution is 0.0781. The Bertz CT molecular complexity index is 635. The monoisotopic (exact) mass is 272 g/mol. The molecule has 1 fully saturated rings. The smallest absolute Gasteiger partial charge is 0.270 e. The fraction of sp³-hybridized carbons (Fsp3) is 0.312. The Morgan fingerprint density at radius 3 is 2.75 bits per heavy atom. The lowest BCUT2D eigenvalue weighted by Crippen LogP contribution is -2.29.